The molecule has 0 spiro atoms. The van der Waals surface area contributed by atoms with E-state index in [2.05, 4.69) is 11.0 Å². The van der Waals surface area contributed by atoms with Crippen molar-refractivity contribution in [3.8, 4) is 5.75 Å². The van der Waals surface area contributed by atoms with Crippen LogP contribution >= 0.6 is 14.3 Å². The Morgan fingerprint density at radius 2 is 1.05 bits per heavy atom. The van der Waals surface area contributed by atoms with Gasteiger partial charge in [0.25, 0.3) is 5.78 Å². The maximum atomic E-state index is 13.8. The largest absolute Gasteiger partial charge is 0.506 e. The third-order valence-electron chi connectivity index (χ3n) is 9.33. The number of rotatable bonds is 9. The summed E-state index contributed by atoms with van der Waals surface area (Å²) in [6.07, 6.45) is -1.70. The number of carbonyl (C=O) groups excluding carboxylic acids is 1. The number of allylic oxidation sites excluding steroid dienone is 3. The minimum atomic E-state index is -5.28. The van der Waals surface area contributed by atoms with Crippen LogP contribution in [0, 0.1) is 49.4 Å². The van der Waals surface area contributed by atoms with E-state index in [0.717, 1.165) is 31.8 Å². The molecule has 0 saturated heterocycles. The molecule has 0 bridgehead atoms. The van der Waals surface area contributed by atoms with Crippen molar-refractivity contribution < 1.29 is 86.0 Å². The SMILES string of the molecule is C=C/C(=C\C)P(=O)(c1ccccc1)c1ccccc1.CN(C)c1ccc2oc(=O)c(C(=O)C(F)(F)F)c(O)c2c1.O=P(c1ccccc1)(c1ccccc1)c1ccccc1.[Eu]. The first-order chi connectivity index (χ1) is 28.7. The number of Topliss-reactive ketones (excluding diaryl/α,β-unsaturated/α-hetero) is 1. The van der Waals surface area contributed by atoms with Crippen LogP contribution in [0.1, 0.15) is 17.3 Å². The summed E-state index contributed by atoms with van der Waals surface area (Å²) in [7, 11) is -2.21. The van der Waals surface area contributed by atoms with Gasteiger partial charge in [0, 0.05) is 101 Å². The molecule has 313 valence electrons. The van der Waals surface area contributed by atoms with Gasteiger partial charge in [0.05, 0.1) is 5.39 Å². The Balaban J connectivity index is 0.000000200. The van der Waals surface area contributed by atoms with Gasteiger partial charge in [-0.2, -0.15) is 13.2 Å². The van der Waals surface area contributed by atoms with Crippen LogP contribution in [0.4, 0.5) is 18.9 Å². The van der Waals surface area contributed by atoms with E-state index in [1.165, 1.54) is 12.1 Å². The van der Waals surface area contributed by atoms with Crippen molar-refractivity contribution in [2.75, 3.05) is 19.0 Å². The van der Waals surface area contributed by atoms with Crippen molar-refractivity contribution >= 4 is 63.2 Å². The predicted molar refractivity (Wildman–Crippen MR) is 238 cm³/mol. The van der Waals surface area contributed by atoms with Gasteiger partial charge in [-0.1, -0.05) is 170 Å². The van der Waals surface area contributed by atoms with Crippen LogP contribution in [0.25, 0.3) is 11.0 Å². The quantitative estimate of drug-likeness (QED) is 0.0665. The molecule has 0 unspecified atom stereocenters. The first-order valence-electron chi connectivity index (χ1n) is 18.5. The number of benzene rings is 6. The smallest absolute Gasteiger partial charge is 0.455 e. The summed E-state index contributed by atoms with van der Waals surface area (Å²) in [5, 5.41) is 14.8. The average molecular weight is 1000 g/mol. The van der Waals surface area contributed by atoms with Crippen molar-refractivity contribution in [1.29, 1.82) is 0 Å². The number of ketones is 1. The Kier molecular flexibility index (Phi) is 17.4. The minimum Gasteiger partial charge on any atom is -0.506 e. The molecule has 7 nitrogen and oxygen atoms in total. The number of nitrogens with zero attached hydrogens (tertiary/aromatic N) is 1. The standard InChI is InChI=1S/C18H15OP.C17H17OP.C13H10F3NO4.Eu/c19-20(16-10-4-1-5-11-16,17-12-6-2-7-13-17)18-14-8-3-9-15-18;1-3-15(4-2)19(18,16-11-7-5-8-12-16)17-13-9-6-10-14-17;1-17(2)6-3-4-8-7(5-6)10(18)9(12(20)21-8)11(19)13(14,15)16;/h1-15H;3-14H,1H2,2H3;3-5,18H,1-2H3;/b;15-4+;;. The number of carbonyl (C=O) groups is 1. The zero-order chi connectivity index (χ0) is 43.5. The summed E-state index contributed by atoms with van der Waals surface area (Å²) >= 11 is 0. The van der Waals surface area contributed by atoms with E-state index in [1.54, 1.807) is 31.1 Å². The van der Waals surface area contributed by atoms with Gasteiger partial charge in [0.1, 0.15) is 11.3 Å². The minimum absolute atomic E-state index is 0. The molecule has 0 aliphatic heterocycles. The van der Waals surface area contributed by atoms with Crippen molar-refractivity contribution in [1.82, 2.24) is 0 Å². The maximum absolute atomic E-state index is 13.8. The Hall–Kier alpha value is -4.89. The molecule has 0 aliphatic carbocycles. The van der Waals surface area contributed by atoms with E-state index in [9.17, 15) is 37.0 Å². The van der Waals surface area contributed by atoms with Crippen LogP contribution in [-0.2, 0) is 9.13 Å². The zero-order valence-corrected chi connectivity index (χ0v) is 37.6. The van der Waals surface area contributed by atoms with Crippen LogP contribution < -0.4 is 37.0 Å². The van der Waals surface area contributed by atoms with Gasteiger partial charge in [-0.05, 0) is 25.1 Å². The van der Waals surface area contributed by atoms with Crippen LogP contribution in [-0.4, -0.2) is 31.2 Å². The summed E-state index contributed by atoms with van der Waals surface area (Å²) < 4.78 is 69.5. The van der Waals surface area contributed by atoms with Gasteiger partial charge in [0.15, 0.2) is 19.8 Å². The number of halogens is 3. The van der Waals surface area contributed by atoms with Gasteiger partial charge >= 0.3 is 11.8 Å². The molecule has 0 fully saturated rings. The molecule has 0 saturated carbocycles. The number of alkyl halides is 3. The van der Waals surface area contributed by atoms with Gasteiger partial charge < -0.3 is 23.6 Å². The molecule has 0 amide bonds. The normalized spacial score (nSPS) is 11.5. The Labute approximate surface area is 393 Å². The molecule has 0 atom stereocenters. The summed E-state index contributed by atoms with van der Waals surface area (Å²) in [4.78, 5) is 24.4. The van der Waals surface area contributed by atoms with Crippen LogP contribution in [0.5, 0.6) is 5.75 Å². The number of fused-ring (bicyclic) bond motifs is 1. The molecule has 13 heteroatoms. The second-order valence-electron chi connectivity index (χ2n) is 13.3. The fourth-order valence-electron chi connectivity index (χ4n) is 6.31. The molecular weight excluding hydrogens is 957 g/mol. The Morgan fingerprint density at radius 3 is 1.38 bits per heavy atom. The van der Waals surface area contributed by atoms with E-state index >= 15 is 0 Å². The van der Waals surface area contributed by atoms with E-state index < -0.39 is 43.2 Å². The van der Waals surface area contributed by atoms with Crippen LogP contribution in [0.15, 0.2) is 203 Å². The zero-order valence-electron chi connectivity index (χ0n) is 33.4. The molecule has 1 radical (unpaired) electrons. The third kappa shape index (κ3) is 11.1. The molecule has 1 heterocycles. The van der Waals surface area contributed by atoms with E-state index in [4.69, 9.17) is 0 Å². The van der Waals surface area contributed by atoms with Crippen LogP contribution in [0.3, 0.4) is 0 Å². The van der Waals surface area contributed by atoms with Crippen molar-refractivity contribution in [3.63, 3.8) is 0 Å². The van der Waals surface area contributed by atoms with E-state index in [0.29, 0.717) is 5.69 Å². The molecule has 1 N–H and O–H groups in total. The number of hydrogen-bond donors (Lipinski definition) is 1. The maximum Gasteiger partial charge on any atom is 0.455 e. The van der Waals surface area contributed by atoms with Gasteiger partial charge in [-0.15, -0.1) is 0 Å². The molecule has 7 rings (SSSR count). The molecule has 61 heavy (non-hydrogen) atoms. The second kappa shape index (κ2) is 21.8. The van der Waals surface area contributed by atoms with Gasteiger partial charge in [-0.25, -0.2) is 4.79 Å². The Bertz CT molecular complexity index is 2600. The van der Waals surface area contributed by atoms with Gasteiger partial charge in [-0.3, -0.25) is 4.79 Å². The first-order valence-corrected chi connectivity index (χ1v) is 21.9. The summed E-state index contributed by atoms with van der Waals surface area (Å²) in [6, 6.07) is 52.6. The van der Waals surface area contributed by atoms with E-state index in [-0.39, 0.29) is 60.3 Å². The topological polar surface area (TPSA) is 105 Å². The van der Waals surface area contributed by atoms with Gasteiger partial charge in [0.2, 0.25) is 0 Å². The fourth-order valence-corrected chi connectivity index (χ4v) is 11.7. The molecule has 0 aliphatic rings. The average Bonchev–Trinajstić information content (AvgIpc) is 3.28. The number of hydrogen-bond acceptors (Lipinski definition) is 7. The first kappa shape index (κ1) is 48.8. The monoisotopic (exact) mass is 1000 g/mol. The van der Waals surface area contributed by atoms with Crippen molar-refractivity contribution in [3.05, 3.63) is 210 Å². The molecular formula is C48H42EuF3NO6P2. The molecule has 6 aromatic carbocycles. The number of aromatic hydroxyl groups is 1. The second-order valence-corrected chi connectivity index (χ2v) is 18.9. The molecule has 1 aromatic heterocycles. The molecule has 7 aromatic rings. The fraction of sp³-hybridized carbons (Fsp3) is 0.0833. The Morgan fingerprint density at radius 1 is 0.672 bits per heavy atom. The van der Waals surface area contributed by atoms with E-state index in [1.807, 2.05) is 165 Å². The van der Waals surface area contributed by atoms with Crippen molar-refractivity contribution in [2.24, 2.45) is 0 Å². The predicted octanol–water partition coefficient (Wildman–Crippen LogP) is 9.73. The van der Waals surface area contributed by atoms with Crippen LogP contribution in [0.2, 0.25) is 0 Å². The summed E-state index contributed by atoms with van der Waals surface area (Å²) in [5.74, 6) is -3.47. The van der Waals surface area contributed by atoms with Crippen molar-refractivity contribution in [2.45, 2.75) is 13.1 Å². The summed E-state index contributed by atoms with van der Waals surface area (Å²) in [6.45, 7) is 5.71. The number of anilines is 1. The summed E-state index contributed by atoms with van der Waals surface area (Å²) in [5.41, 5.74) is -2.50. The third-order valence-corrected chi connectivity index (χ3v) is 15.6.